The van der Waals surface area contributed by atoms with E-state index in [1.807, 2.05) is 48.5 Å². The zero-order chi connectivity index (χ0) is 55.7. The molecule has 23 heteroatoms. The second-order valence-electron chi connectivity index (χ2n) is 19.1. The van der Waals surface area contributed by atoms with E-state index < -0.39 is 43.2 Å². The van der Waals surface area contributed by atoms with Crippen LogP contribution in [0.25, 0.3) is 0 Å². The van der Waals surface area contributed by atoms with Crippen molar-refractivity contribution in [3.63, 3.8) is 0 Å². The summed E-state index contributed by atoms with van der Waals surface area (Å²) in [5, 5.41) is 3.29. The van der Waals surface area contributed by atoms with E-state index in [4.69, 9.17) is 0 Å². The monoisotopic (exact) mass is 1170 g/mol. The number of urea groups is 2. The number of amides is 4. The number of ether oxygens (including phenoxy) is 2. The second-order valence-corrected chi connectivity index (χ2v) is 24.3. The summed E-state index contributed by atoms with van der Waals surface area (Å²) in [7, 11) is -3.66. The number of methoxy groups -OCH3 is 2. The minimum atomic E-state index is -3.17. The highest BCUT2D eigenvalue weighted by molar-refractivity contribution is 9.08. The van der Waals surface area contributed by atoms with Crippen LogP contribution in [-0.4, -0.2) is 199 Å². The summed E-state index contributed by atoms with van der Waals surface area (Å²) < 4.78 is 83.9. The minimum Gasteiger partial charge on any atom is -0.465 e. The fourth-order valence-corrected chi connectivity index (χ4v) is 11.8. The molecule has 1 N–H and O–H groups in total. The maximum absolute atomic E-state index is 15.0. The number of carbonyl (C=O) groups excluding carboxylic acids is 4. The second kappa shape index (κ2) is 28.9. The van der Waals surface area contributed by atoms with Gasteiger partial charge in [0.25, 0.3) is 0 Å². The maximum atomic E-state index is 15.0. The van der Waals surface area contributed by atoms with Crippen LogP contribution in [0.3, 0.4) is 0 Å². The van der Waals surface area contributed by atoms with E-state index in [2.05, 4.69) is 64.2 Å². The first kappa shape index (κ1) is 60.7. The Hall–Kier alpha value is -5.56. The molecule has 420 valence electrons. The molecule has 8 rings (SSSR count). The molecule has 77 heavy (non-hydrogen) atoms. The van der Waals surface area contributed by atoms with Gasteiger partial charge in [0.1, 0.15) is 11.6 Å². The number of benzene rings is 4. The summed E-state index contributed by atoms with van der Waals surface area (Å²) >= 11 is 3.13. The minimum absolute atomic E-state index is 0.0463. The van der Waals surface area contributed by atoms with Crippen molar-refractivity contribution in [2.45, 2.75) is 38.8 Å². The molecule has 0 aromatic heterocycles. The molecule has 4 aliphatic heterocycles. The Kier molecular flexibility index (Phi) is 22.8. The van der Waals surface area contributed by atoms with Crippen molar-refractivity contribution in [3.8, 4) is 0 Å². The molecule has 4 aliphatic rings. The Balaban J connectivity index is 0.000000211. The van der Waals surface area contributed by atoms with E-state index in [-0.39, 0.29) is 84.5 Å². The molecule has 18 nitrogen and oxygen atoms in total. The van der Waals surface area contributed by atoms with E-state index in [0.717, 1.165) is 95.9 Å². The van der Waals surface area contributed by atoms with Gasteiger partial charge in [0, 0.05) is 114 Å². The molecule has 0 bridgehead atoms. The molecule has 4 aromatic rings. The number of rotatable bonds is 13. The third-order valence-electron chi connectivity index (χ3n) is 14.0. The molecule has 0 atom stereocenters. The fourth-order valence-electron chi connectivity index (χ4n) is 8.97. The normalized spacial score (nSPS) is 17.9. The van der Waals surface area contributed by atoms with Gasteiger partial charge in [-0.1, -0.05) is 66.2 Å². The topological polar surface area (TPSA) is 190 Å². The van der Waals surface area contributed by atoms with Crippen molar-refractivity contribution in [1.82, 2.24) is 29.4 Å². The van der Waals surface area contributed by atoms with Crippen molar-refractivity contribution >= 4 is 71.0 Å². The summed E-state index contributed by atoms with van der Waals surface area (Å²) in [5.74, 6) is -2.31. The Bertz CT molecular complexity index is 2830. The van der Waals surface area contributed by atoms with Crippen LogP contribution in [-0.2, 0) is 54.1 Å². The molecular formula is C54H71BrF2N8O10S2. The maximum Gasteiger partial charge on any atom is 0.337 e. The first-order valence-electron chi connectivity index (χ1n) is 25.7. The molecule has 0 saturated carbocycles. The highest BCUT2D eigenvalue weighted by atomic mass is 79.9. The fraction of sp³-hybridized carbons (Fsp3) is 0.481. The Morgan fingerprint density at radius 3 is 1.36 bits per heavy atom. The lowest BCUT2D eigenvalue weighted by Gasteiger charge is -2.34. The van der Waals surface area contributed by atoms with E-state index in [1.54, 1.807) is 11.0 Å². The quantitative estimate of drug-likeness (QED) is 0.118. The lowest BCUT2D eigenvalue weighted by Crippen LogP contribution is -2.49. The van der Waals surface area contributed by atoms with Crippen LogP contribution in [0, 0.1) is 11.6 Å². The first-order valence-corrected chi connectivity index (χ1v) is 30.5. The molecule has 4 aromatic carbocycles. The van der Waals surface area contributed by atoms with Gasteiger partial charge in [-0.25, -0.2) is 44.8 Å². The molecule has 4 amide bonds. The largest absolute Gasteiger partial charge is 0.465 e. The number of esters is 2. The third-order valence-corrected chi connectivity index (χ3v) is 17.8. The Labute approximate surface area is 460 Å². The van der Waals surface area contributed by atoms with Gasteiger partial charge < -0.3 is 34.4 Å². The number of anilines is 2. The summed E-state index contributed by atoms with van der Waals surface area (Å²) in [6.45, 7) is 17.4. The first-order chi connectivity index (χ1) is 36.8. The number of sulfone groups is 2. The van der Waals surface area contributed by atoms with E-state index >= 15 is 0 Å². The number of alkyl halides is 1. The summed E-state index contributed by atoms with van der Waals surface area (Å²) in [6, 6.07) is 23.2. The molecular weight excluding hydrogens is 1100 g/mol. The average molecular weight is 1170 g/mol. The molecule has 0 radical (unpaired) electrons. The highest BCUT2D eigenvalue weighted by Gasteiger charge is 2.30. The molecule has 0 unspecified atom stereocenters. The van der Waals surface area contributed by atoms with E-state index in [1.165, 1.54) is 53.8 Å². The standard InChI is InChI=1S/C27H35FN4O5S.C18H28N4O3S.C9H8BrFO2/c1-3-29-10-12-30(13-11-29)19-21-4-8-24(9-5-21)32(27(34)31-14-16-38(35,36)17-15-31)20-23-7-6-22(18-25(23)28)26(33)37-2;1-2-20-7-9-21(10-8-20)15-16-3-5-17(6-4-16)19-18(23)22-11-13-26(24,25)14-12-22;1-13-9(12)6-2-3-7(5-10)8(11)4-6/h4-9,18H,3,10-17,19-20H2,1-2H3;3-6H,2,7-15H2,1H3,(H,19,23);2-4H,5H2,1H3. The van der Waals surface area contributed by atoms with Gasteiger partial charge in [0.2, 0.25) is 0 Å². The molecule has 4 heterocycles. The van der Waals surface area contributed by atoms with Crippen LogP contribution in [0.15, 0.2) is 84.9 Å². The Morgan fingerprint density at radius 2 is 0.961 bits per heavy atom. The summed E-state index contributed by atoms with van der Waals surface area (Å²) in [4.78, 5) is 62.8. The number of hydrogen-bond acceptors (Lipinski definition) is 14. The van der Waals surface area contributed by atoms with Crippen molar-refractivity contribution in [2.24, 2.45) is 0 Å². The van der Waals surface area contributed by atoms with E-state index in [0.29, 0.717) is 16.6 Å². The number of carbonyl (C=O) groups is 4. The van der Waals surface area contributed by atoms with Crippen molar-refractivity contribution in [3.05, 3.63) is 130 Å². The number of piperazine rings is 2. The molecule has 4 saturated heterocycles. The molecule has 4 fully saturated rings. The summed E-state index contributed by atoms with van der Waals surface area (Å²) in [5.41, 5.74) is 4.73. The molecule has 0 aliphatic carbocycles. The smallest absolute Gasteiger partial charge is 0.337 e. The number of hydrogen-bond donors (Lipinski definition) is 1. The van der Waals surface area contributed by atoms with Gasteiger partial charge in [-0.15, -0.1) is 0 Å². The van der Waals surface area contributed by atoms with Crippen LogP contribution in [0.2, 0.25) is 0 Å². The van der Waals surface area contributed by atoms with Gasteiger partial charge in [-0.05, 0) is 78.3 Å². The van der Waals surface area contributed by atoms with Gasteiger partial charge in [0.05, 0.1) is 54.9 Å². The number of likely N-dealkylation sites (N-methyl/N-ethyl adjacent to an activating group) is 2. The number of nitrogens with one attached hydrogen (secondary N) is 1. The lowest BCUT2D eigenvalue weighted by atomic mass is 10.1. The zero-order valence-corrected chi connectivity index (χ0v) is 47.5. The average Bonchev–Trinajstić information content (AvgIpc) is 3.43. The number of halogens is 3. The van der Waals surface area contributed by atoms with Gasteiger partial charge >= 0.3 is 24.0 Å². The summed E-state index contributed by atoms with van der Waals surface area (Å²) in [6.07, 6.45) is 0. The van der Waals surface area contributed by atoms with Crippen LogP contribution in [0.1, 0.15) is 56.8 Å². The van der Waals surface area contributed by atoms with Gasteiger partial charge in [0.15, 0.2) is 19.7 Å². The van der Waals surface area contributed by atoms with Crippen LogP contribution in [0.5, 0.6) is 0 Å². The van der Waals surface area contributed by atoms with Crippen molar-refractivity contribution in [1.29, 1.82) is 0 Å². The van der Waals surface area contributed by atoms with Crippen LogP contribution in [0.4, 0.5) is 29.7 Å². The predicted molar refractivity (Wildman–Crippen MR) is 297 cm³/mol. The van der Waals surface area contributed by atoms with Crippen molar-refractivity contribution < 1.29 is 54.3 Å². The van der Waals surface area contributed by atoms with Crippen LogP contribution < -0.4 is 10.2 Å². The molecule has 0 spiro atoms. The number of nitrogens with zero attached hydrogens (tertiary/aromatic N) is 7. The van der Waals surface area contributed by atoms with Gasteiger partial charge in [-0.2, -0.15) is 0 Å². The van der Waals surface area contributed by atoms with Crippen molar-refractivity contribution in [2.75, 3.05) is 139 Å². The SMILES string of the molecule is CCN1CCN(Cc2ccc(N(Cc3ccc(C(=O)OC)cc3F)C(=O)N3CCS(=O)(=O)CC3)cc2)CC1.CCN1CCN(Cc2ccc(NC(=O)N3CCS(=O)(=O)CC3)cc2)CC1.COC(=O)c1ccc(CBr)c(F)c1. The van der Waals surface area contributed by atoms with Gasteiger partial charge in [-0.3, -0.25) is 14.7 Å². The lowest BCUT2D eigenvalue weighted by molar-refractivity contribution is 0.0591. The Morgan fingerprint density at radius 1 is 0.558 bits per heavy atom. The highest BCUT2D eigenvalue weighted by Crippen LogP contribution is 2.25. The van der Waals surface area contributed by atoms with Crippen LogP contribution >= 0.6 is 15.9 Å². The predicted octanol–water partition coefficient (Wildman–Crippen LogP) is 6.20. The van der Waals surface area contributed by atoms with E-state index in [9.17, 15) is 44.8 Å². The zero-order valence-electron chi connectivity index (χ0n) is 44.3. The third kappa shape index (κ3) is 18.3.